The van der Waals surface area contributed by atoms with Gasteiger partial charge in [-0.05, 0) is 48.9 Å². The minimum Gasteiger partial charge on any atom is -0.339 e. The second kappa shape index (κ2) is 7.14. The first kappa shape index (κ1) is 16.0. The molecule has 1 saturated heterocycles. The first-order valence-corrected chi connectivity index (χ1v) is 8.29. The summed E-state index contributed by atoms with van der Waals surface area (Å²) in [6.07, 6.45) is 2.98. The predicted octanol–water partition coefficient (Wildman–Crippen LogP) is 4.57. The van der Waals surface area contributed by atoms with Gasteiger partial charge in [-0.2, -0.15) is 0 Å². The summed E-state index contributed by atoms with van der Waals surface area (Å²) in [7, 11) is 0. The van der Waals surface area contributed by atoms with Gasteiger partial charge in [-0.3, -0.25) is 4.79 Å². The summed E-state index contributed by atoms with van der Waals surface area (Å²) >= 11 is 6.03. The fraction of sp³-hybridized carbons (Fsp3) is 0.316. The fourth-order valence-corrected chi connectivity index (χ4v) is 3.32. The second-order valence-electron chi connectivity index (χ2n) is 6.05. The number of hydrogen-bond acceptors (Lipinski definition) is 1. The first-order valence-electron chi connectivity index (χ1n) is 7.92. The number of amides is 1. The minimum atomic E-state index is -0.434. The Kier molecular flexibility index (Phi) is 4.97. The molecule has 1 amide bonds. The third-order valence-electron chi connectivity index (χ3n) is 4.43. The van der Waals surface area contributed by atoms with E-state index in [0.29, 0.717) is 24.0 Å². The molecule has 0 radical (unpaired) electrons. The van der Waals surface area contributed by atoms with Crippen LogP contribution in [0.1, 0.15) is 28.8 Å². The van der Waals surface area contributed by atoms with E-state index in [1.807, 2.05) is 6.07 Å². The Labute approximate surface area is 140 Å². The molecular formula is C19H19ClFNO. The lowest BCUT2D eigenvalue weighted by Gasteiger charge is -2.32. The van der Waals surface area contributed by atoms with Gasteiger partial charge in [0, 0.05) is 13.1 Å². The van der Waals surface area contributed by atoms with Crippen LogP contribution >= 0.6 is 11.6 Å². The van der Waals surface area contributed by atoms with Crippen molar-refractivity contribution in [2.75, 3.05) is 13.1 Å². The lowest BCUT2D eigenvalue weighted by atomic mass is 9.90. The van der Waals surface area contributed by atoms with E-state index in [-0.39, 0.29) is 11.5 Å². The van der Waals surface area contributed by atoms with E-state index in [0.717, 1.165) is 19.3 Å². The van der Waals surface area contributed by atoms with E-state index in [1.54, 1.807) is 4.90 Å². The summed E-state index contributed by atoms with van der Waals surface area (Å²) in [6.45, 7) is 1.40. The van der Waals surface area contributed by atoms with Crippen molar-refractivity contribution < 1.29 is 9.18 Å². The average Bonchev–Trinajstić information content (AvgIpc) is 2.58. The maximum Gasteiger partial charge on any atom is 0.255 e. The smallest absolute Gasteiger partial charge is 0.255 e. The van der Waals surface area contributed by atoms with Crippen molar-refractivity contribution in [1.82, 2.24) is 4.90 Å². The zero-order valence-electron chi connectivity index (χ0n) is 12.8. The van der Waals surface area contributed by atoms with Gasteiger partial charge in [0.05, 0.1) is 10.6 Å². The fourth-order valence-electron chi connectivity index (χ4n) is 3.12. The Hall–Kier alpha value is -1.87. The van der Waals surface area contributed by atoms with Gasteiger partial charge in [-0.1, -0.05) is 41.9 Å². The van der Waals surface area contributed by atoms with Crippen molar-refractivity contribution in [2.45, 2.75) is 19.3 Å². The van der Waals surface area contributed by atoms with E-state index in [9.17, 15) is 9.18 Å². The summed E-state index contributed by atoms with van der Waals surface area (Å²) in [5, 5.41) is 0.308. The Morgan fingerprint density at radius 3 is 2.52 bits per heavy atom. The zero-order chi connectivity index (χ0) is 16.2. The van der Waals surface area contributed by atoms with E-state index >= 15 is 0 Å². The van der Waals surface area contributed by atoms with Gasteiger partial charge in [0.25, 0.3) is 5.91 Å². The third-order valence-corrected chi connectivity index (χ3v) is 4.76. The summed E-state index contributed by atoms with van der Waals surface area (Å²) in [6, 6.07) is 14.3. The van der Waals surface area contributed by atoms with Crippen molar-refractivity contribution >= 4 is 17.5 Å². The molecule has 0 N–H and O–H groups in total. The number of benzene rings is 2. The molecular weight excluding hydrogens is 313 g/mol. The molecule has 4 heteroatoms. The van der Waals surface area contributed by atoms with Crippen LogP contribution in [0.4, 0.5) is 4.39 Å². The number of carbonyl (C=O) groups excluding carboxylic acids is 1. The number of likely N-dealkylation sites (tertiary alicyclic amines) is 1. The maximum absolute atomic E-state index is 13.3. The van der Waals surface area contributed by atoms with Crippen LogP contribution in [0.2, 0.25) is 5.02 Å². The molecule has 0 aliphatic carbocycles. The number of hydrogen-bond donors (Lipinski definition) is 0. The predicted molar refractivity (Wildman–Crippen MR) is 90.2 cm³/mol. The van der Waals surface area contributed by atoms with Crippen LogP contribution in [-0.4, -0.2) is 23.9 Å². The van der Waals surface area contributed by atoms with Gasteiger partial charge >= 0.3 is 0 Å². The summed E-state index contributed by atoms with van der Waals surface area (Å²) in [5.74, 6) is -0.0196. The molecule has 0 bridgehead atoms. The van der Waals surface area contributed by atoms with Crippen molar-refractivity contribution in [3.8, 4) is 0 Å². The normalized spacial score (nSPS) is 15.7. The molecule has 2 nitrogen and oxygen atoms in total. The highest BCUT2D eigenvalue weighted by Gasteiger charge is 2.25. The van der Waals surface area contributed by atoms with Gasteiger partial charge in [0.2, 0.25) is 0 Å². The van der Waals surface area contributed by atoms with Crippen molar-refractivity contribution in [3.05, 3.63) is 70.5 Å². The van der Waals surface area contributed by atoms with E-state index in [4.69, 9.17) is 11.6 Å². The Morgan fingerprint density at radius 2 is 1.83 bits per heavy atom. The number of rotatable bonds is 3. The summed E-state index contributed by atoms with van der Waals surface area (Å²) in [5.41, 5.74) is 1.60. The van der Waals surface area contributed by atoms with Gasteiger partial charge in [-0.25, -0.2) is 4.39 Å². The molecule has 0 saturated carbocycles. The molecule has 23 heavy (non-hydrogen) atoms. The van der Waals surface area contributed by atoms with Crippen LogP contribution in [0.25, 0.3) is 0 Å². The molecule has 3 rings (SSSR count). The lowest BCUT2D eigenvalue weighted by Crippen LogP contribution is -2.39. The molecule has 120 valence electrons. The Bertz CT molecular complexity index is 681. The van der Waals surface area contributed by atoms with Crippen molar-refractivity contribution in [2.24, 2.45) is 5.92 Å². The number of carbonyl (C=O) groups is 1. The maximum atomic E-state index is 13.3. The molecule has 0 unspecified atom stereocenters. The van der Waals surface area contributed by atoms with Crippen molar-refractivity contribution in [1.29, 1.82) is 0 Å². The highest BCUT2D eigenvalue weighted by Crippen LogP contribution is 2.25. The first-order chi connectivity index (χ1) is 11.1. The van der Waals surface area contributed by atoms with Crippen LogP contribution in [0, 0.1) is 11.7 Å². The SMILES string of the molecule is O=C(c1cc(F)ccc1Cl)N1CCC(Cc2ccccc2)CC1. The van der Waals surface area contributed by atoms with E-state index in [1.165, 1.54) is 23.8 Å². The monoisotopic (exact) mass is 331 g/mol. The van der Waals surface area contributed by atoms with Crippen LogP contribution in [0.5, 0.6) is 0 Å². The van der Waals surface area contributed by atoms with Gasteiger partial charge in [0.1, 0.15) is 5.82 Å². The minimum absolute atomic E-state index is 0.173. The topological polar surface area (TPSA) is 20.3 Å². The number of nitrogens with zero attached hydrogens (tertiary/aromatic N) is 1. The van der Waals surface area contributed by atoms with Crippen molar-refractivity contribution in [3.63, 3.8) is 0 Å². The van der Waals surface area contributed by atoms with E-state index < -0.39 is 5.82 Å². The molecule has 0 atom stereocenters. The molecule has 1 fully saturated rings. The zero-order valence-corrected chi connectivity index (χ0v) is 13.6. The Morgan fingerprint density at radius 1 is 1.13 bits per heavy atom. The Balaban J connectivity index is 1.60. The molecule has 0 spiro atoms. The molecule has 2 aromatic rings. The van der Waals surface area contributed by atoms with Gasteiger partial charge in [-0.15, -0.1) is 0 Å². The summed E-state index contributed by atoms with van der Waals surface area (Å²) < 4.78 is 13.3. The van der Waals surface area contributed by atoms with Gasteiger partial charge in [0.15, 0.2) is 0 Å². The number of halogens is 2. The second-order valence-corrected chi connectivity index (χ2v) is 6.46. The molecule has 1 heterocycles. The average molecular weight is 332 g/mol. The lowest BCUT2D eigenvalue weighted by molar-refractivity contribution is 0.0690. The third kappa shape index (κ3) is 3.91. The van der Waals surface area contributed by atoms with Crippen LogP contribution in [0.3, 0.4) is 0 Å². The molecule has 0 aromatic heterocycles. The highest BCUT2D eigenvalue weighted by molar-refractivity contribution is 6.33. The molecule has 1 aliphatic heterocycles. The largest absolute Gasteiger partial charge is 0.339 e. The van der Waals surface area contributed by atoms with Crippen LogP contribution < -0.4 is 0 Å². The standard InChI is InChI=1S/C19H19ClFNO/c20-18-7-6-16(21)13-17(18)19(23)22-10-8-15(9-11-22)12-14-4-2-1-3-5-14/h1-7,13,15H,8-12H2. The van der Waals surface area contributed by atoms with Gasteiger partial charge < -0.3 is 4.90 Å². The molecule has 1 aliphatic rings. The van der Waals surface area contributed by atoms with Crippen LogP contribution in [0.15, 0.2) is 48.5 Å². The number of piperidine rings is 1. The quantitative estimate of drug-likeness (QED) is 0.806. The highest BCUT2D eigenvalue weighted by atomic mass is 35.5. The summed E-state index contributed by atoms with van der Waals surface area (Å²) in [4.78, 5) is 14.3. The molecule has 2 aromatic carbocycles. The van der Waals surface area contributed by atoms with Crippen LogP contribution in [-0.2, 0) is 6.42 Å². The van der Waals surface area contributed by atoms with E-state index in [2.05, 4.69) is 24.3 Å².